The first-order chi connectivity index (χ1) is 11.9. The van der Waals surface area contributed by atoms with Gasteiger partial charge in [-0.1, -0.05) is 11.6 Å². The maximum Gasteiger partial charge on any atom is 0.326 e. The summed E-state index contributed by atoms with van der Waals surface area (Å²) >= 11 is 5.74. The van der Waals surface area contributed by atoms with Gasteiger partial charge in [0.2, 0.25) is 5.91 Å². The molecule has 134 valence electrons. The van der Waals surface area contributed by atoms with Crippen LogP contribution in [0.5, 0.6) is 0 Å². The number of nitrogens with one attached hydrogen (secondary N) is 1. The first-order valence-corrected chi connectivity index (χ1v) is 8.01. The number of likely N-dealkylation sites (N-methyl/N-ethyl adjacent to an activating group) is 1. The van der Waals surface area contributed by atoms with Gasteiger partial charge in [-0.2, -0.15) is 0 Å². The topological polar surface area (TPSA) is 96.0 Å². The molecule has 1 aromatic carbocycles. The lowest BCUT2D eigenvalue weighted by atomic mass is 10.3. The van der Waals surface area contributed by atoms with Crippen molar-refractivity contribution in [2.45, 2.75) is 12.8 Å². The van der Waals surface area contributed by atoms with Crippen molar-refractivity contribution in [3.8, 4) is 0 Å². The third-order valence-electron chi connectivity index (χ3n) is 3.49. The van der Waals surface area contributed by atoms with Crippen LogP contribution in [-0.4, -0.2) is 60.4 Å². The Kier molecular flexibility index (Phi) is 6.35. The van der Waals surface area contributed by atoms with Crippen molar-refractivity contribution in [3.63, 3.8) is 0 Å². The molecule has 4 amide bonds. The van der Waals surface area contributed by atoms with Gasteiger partial charge in [-0.05, 0) is 30.7 Å². The average Bonchev–Trinajstić information content (AvgIpc) is 2.81. The van der Waals surface area contributed by atoms with E-state index < -0.39 is 18.5 Å². The first kappa shape index (κ1) is 18.7. The summed E-state index contributed by atoms with van der Waals surface area (Å²) in [7, 11) is 1.54. The molecule has 0 spiro atoms. The molecule has 2 rings (SSSR count). The number of benzene rings is 1. The lowest BCUT2D eigenvalue weighted by Crippen LogP contribution is -2.32. The smallest absolute Gasteiger partial charge is 0.326 e. The van der Waals surface area contributed by atoms with Gasteiger partial charge in [-0.15, -0.1) is 0 Å². The highest BCUT2D eigenvalue weighted by atomic mass is 35.5. The molecule has 0 saturated carbocycles. The number of nitrogens with zero attached hydrogens (tertiary/aromatic N) is 2. The summed E-state index contributed by atoms with van der Waals surface area (Å²) in [4.78, 5) is 48.9. The normalized spacial score (nSPS) is 14.0. The van der Waals surface area contributed by atoms with Gasteiger partial charge in [0, 0.05) is 30.7 Å². The molecule has 1 heterocycles. The number of hydrogen-bond acceptors (Lipinski definition) is 5. The lowest BCUT2D eigenvalue weighted by Gasteiger charge is -2.13. The van der Waals surface area contributed by atoms with Crippen LogP contribution >= 0.6 is 11.6 Å². The van der Waals surface area contributed by atoms with Crippen molar-refractivity contribution in [2.75, 3.05) is 32.1 Å². The van der Waals surface area contributed by atoms with E-state index in [1.165, 1.54) is 11.9 Å². The Labute approximate surface area is 149 Å². The van der Waals surface area contributed by atoms with Crippen molar-refractivity contribution in [1.29, 1.82) is 0 Å². The van der Waals surface area contributed by atoms with Crippen molar-refractivity contribution < 1.29 is 23.9 Å². The van der Waals surface area contributed by atoms with Crippen molar-refractivity contribution in [1.82, 2.24) is 9.80 Å². The molecule has 0 unspecified atom stereocenters. The van der Waals surface area contributed by atoms with E-state index in [2.05, 4.69) is 5.32 Å². The zero-order valence-corrected chi connectivity index (χ0v) is 14.4. The molecule has 0 aromatic heterocycles. The number of imide groups is 1. The SMILES string of the molecule is CN1CC(=O)N(CCCC(=O)OCC(=O)Nc2ccc(Cl)cc2)C1=O. The van der Waals surface area contributed by atoms with Gasteiger partial charge in [0.25, 0.3) is 5.91 Å². The molecule has 0 radical (unpaired) electrons. The molecule has 1 aliphatic heterocycles. The van der Waals surface area contributed by atoms with Gasteiger partial charge in [-0.25, -0.2) is 4.79 Å². The summed E-state index contributed by atoms with van der Waals surface area (Å²) in [5.41, 5.74) is 0.542. The largest absolute Gasteiger partial charge is 0.456 e. The summed E-state index contributed by atoms with van der Waals surface area (Å²) in [6.45, 7) is -0.214. The summed E-state index contributed by atoms with van der Waals surface area (Å²) in [6.07, 6.45) is 0.290. The average molecular weight is 368 g/mol. The summed E-state index contributed by atoms with van der Waals surface area (Å²) in [5, 5.41) is 3.11. The van der Waals surface area contributed by atoms with E-state index in [9.17, 15) is 19.2 Å². The zero-order chi connectivity index (χ0) is 18.4. The van der Waals surface area contributed by atoms with Gasteiger partial charge in [0.05, 0.1) is 0 Å². The van der Waals surface area contributed by atoms with Crippen LogP contribution in [-0.2, 0) is 19.1 Å². The maximum atomic E-state index is 11.7. The van der Waals surface area contributed by atoms with Crippen molar-refractivity contribution in [2.24, 2.45) is 0 Å². The molecule has 1 saturated heterocycles. The van der Waals surface area contributed by atoms with E-state index >= 15 is 0 Å². The number of carbonyl (C=O) groups is 4. The van der Waals surface area contributed by atoms with Gasteiger partial charge in [-0.3, -0.25) is 19.3 Å². The van der Waals surface area contributed by atoms with Gasteiger partial charge >= 0.3 is 12.0 Å². The number of ether oxygens (including phenoxy) is 1. The Morgan fingerprint density at radius 2 is 1.92 bits per heavy atom. The van der Waals surface area contributed by atoms with E-state index in [1.807, 2.05) is 0 Å². The Bertz CT molecular complexity index is 677. The molecule has 0 aliphatic carbocycles. The zero-order valence-electron chi connectivity index (χ0n) is 13.7. The highest BCUT2D eigenvalue weighted by molar-refractivity contribution is 6.30. The highest BCUT2D eigenvalue weighted by Crippen LogP contribution is 2.13. The second-order valence-electron chi connectivity index (χ2n) is 5.50. The quantitative estimate of drug-likeness (QED) is 0.582. The highest BCUT2D eigenvalue weighted by Gasteiger charge is 2.32. The van der Waals surface area contributed by atoms with Crippen LogP contribution in [0, 0.1) is 0 Å². The second-order valence-corrected chi connectivity index (χ2v) is 5.94. The van der Waals surface area contributed by atoms with Gasteiger partial charge in [0.15, 0.2) is 6.61 Å². The Hall–Kier alpha value is -2.61. The summed E-state index contributed by atoms with van der Waals surface area (Å²) in [6, 6.07) is 6.13. The lowest BCUT2D eigenvalue weighted by molar-refractivity contribution is -0.147. The second kappa shape index (κ2) is 8.48. The number of anilines is 1. The summed E-state index contributed by atoms with van der Waals surface area (Å²) in [5.74, 6) is -1.33. The third kappa shape index (κ3) is 5.46. The minimum Gasteiger partial charge on any atom is -0.456 e. The van der Waals surface area contributed by atoms with E-state index in [-0.39, 0.29) is 37.9 Å². The first-order valence-electron chi connectivity index (χ1n) is 7.63. The fourth-order valence-electron chi connectivity index (χ4n) is 2.22. The van der Waals surface area contributed by atoms with E-state index in [1.54, 1.807) is 24.3 Å². The monoisotopic (exact) mass is 367 g/mol. The van der Waals surface area contributed by atoms with Crippen LogP contribution in [0.2, 0.25) is 5.02 Å². The Balaban J connectivity index is 1.65. The Morgan fingerprint density at radius 1 is 1.24 bits per heavy atom. The predicted molar refractivity (Wildman–Crippen MR) is 90.0 cm³/mol. The number of esters is 1. The third-order valence-corrected chi connectivity index (χ3v) is 3.74. The Morgan fingerprint density at radius 3 is 2.52 bits per heavy atom. The molecule has 1 aromatic rings. The fraction of sp³-hybridized carbons (Fsp3) is 0.375. The van der Waals surface area contributed by atoms with Crippen LogP contribution in [0.15, 0.2) is 24.3 Å². The number of halogens is 1. The van der Waals surface area contributed by atoms with Crippen LogP contribution < -0.4 is 5.32 Å². The van der Waals surface area contributed by atoms with Crippen LogP contribution in [0.3, 0.4) is 0 Å². The summed E-state index contributed by atoms with van der Waals surface area (Å²) < 4.78 is 4.86. The van der Waals surface area contributed by atoms with Gasteiger partial charge in [0.1, 0.15) is 6.54 Å². The minimum absolute atomic E-state index is 0.00893. The number of rotatable bonds is 7. The van der Waals surface area contributed by atoms with Crippen LogP contribution in [0.4, 0.5) is 10.5 Å². The molecule has 0 atom stereocenters. The standard InChI is InChI=1S/C16H18ClN3O5/c1-19-9-14(22)20(16(19)24)8-2-3-15(23)25-10-13(21)18-12-6-4-11(17)5-7-12/h4-7H,2-3,8-10H2,1H3,(H,18,21). The molecule has 1 aliphatic rings. The van der Waals surface area contributed by atoms with Gasteiger partial charge < -0.3 is 15.0 Å². The molecular weight excluding hydrogens is 350 g/mol. The predicted octanol–water partition coefficient (Wildman–Crippen LogP) is 1.50. The maximum absolute atomic E-state index is 11.7. The molecule has 8 nitrogen and oxygen atoms in total. The van der Waals surface area contributed by atoms with E-state index in [0.29, 0.717) is 10.7 Å². The van der Waals surface area contributed by atoms with E-state index in [0.717, 1.165) is 4.90 Å². The minimum atomic E-state index is -0.571. The molecule has 9 heteroatoms. The fourth-order valence-corrected chi connectivity index (χ4v) is 2.34. The van der Waals surface area contributed by atoms with Crippen molar-refractivity contribution >= 4 is 41.1 Å². The van der Waals surface area contributed by atoms with Crippen LogP contribution in [0.25, 0.3) is 0 Å². The van der Waals surface area contributed by atoms with Crippen LogP contribution in [0.1, 0.15) is 12.8 Å². The van der Waals surface area contributed by atoms with E-state index in [4.69, 9.17) is 16.3 Å². The van der Waals surface area contributed by atoms with Crippen molar-refractivity contribution in [3.05, 3.63) is 29.3 Å². The number of amides is 4. The number of carbonyl (C=O) groups excluding carboxylic acids is 4. The molecule has 25 heavy (non-hydrogen) atoms. The molecule has 0 bridgehead atoms. The number of hydrogen-bond donors (Lipinski definition) is 1. The number of urea groups is 1. The molecule has 1 fully saturated rings. The molecular formula is C16H18ClN3O5. The molecule has 1 N–H and O–H groups in total.